The number of thiophene rings is 1. The Bertz CT molecular complexity index is 1020. The molecule has 6 heteroatoms. The highest BCUT2D eigenvalue weighted by molar-refractivity contribution is 7.89. The Morgan fingerprint density at radius 2 is 1.74 bits per heavy atom. The van der Waals surface area contributed by atoms with Gasteiger partial charge < -0.3 is 0 Å². The second-order valence-corrected chi connectivity index (χ2v) is 9.17. The third-order valence-corrected chi connectivity index (χ3v) is 7.26. The van der Waals surface area contributed by atoms with Crippen molar-refractivity contribution in [2.45, 2.75) is 30.8 Å². The molecule has 0 bridgehead atoms. The van der Waals surface area contributed by atoms with Gasteiger partial charge in [0.1, 0.15) is 6.07 Å². The lowest BCUT2D eigenvalue weighted by Crippen LogP contribution is -2.39. The molecule has 0 aliphatic carbocycles. The zero-order valence-corrected chi connectivity index (χ0v) is 16.6. The summed E-state index contributed by atoms with van der Waals surface area (Å²) in [6, 6.07) is 21.6. The second-order valence-electron chi connectivity index (χ2n) is 6.28. The van der Waals surface area contributed by atoms with E-state index in [-0.39, 0.29) is 23.0 Å². The Morgan fingerprint density at radius 3 is 2.41 bits per heavy atom. The lowest BCUT2D eigenvalue weighted by atomic mass is 10.1. The highest BCUT2D eigenvalue weighted by Crippen LogP contribution is 2.26. The first-order chi connectivity index (χ1) is 13.0. The van der Waals surface area contributed by atoms with Gasteiger partial charge in [0.15, 0.2) is 0 Å². The molecule has 0 saturated heterocycles. The molecule has 0 spiro atoms. The molecule has 0 aliphatic rings. The van der Waals surface area contributed by atoms with Crippen LogP contribution < -0.4 is 0 Å². The molecule has 1 unspecified atom stereocenters. The number of rotatable bonds is 7. The van der Waals surface area contributed by atoms with Crippen molar-refractivity contribution in [1.29, 1.82) is 5.26 Å². The van der Waals surface area contributed by atoms with Crippen molar-refractivity contribution in [2.75, 3.05) is 0 Å². The van der Waals surface area contributed by atoms with Crippen molar-refractivity contribution in [1.82, 2.24) is 4.31 Å². The normalized spacial score (nSPS) is 12.6. The van der Waals surface area contributed by atoms with Gasteiger partial charge in [-0.05, 0) is 42.5 Å². The van der Waals surface area contributed by atoms with Gasteiger partial charge >= 0.3 is 0 Å². The summed E-state index contributed by atoms with van der Waals surface area (Å²) in [6.07, 6.45) is 0.623. The molecule has 0 saturated carbocycles. The van der Waals surface area contributed by atoms with Crippen LogP contribution in [0.3, 0.4) is 0 Å². The predicted molar refractivity (Wildman–Crippen MR) is 108 cm³/mol. The second kappa shape index (κ2) is 8.49. The molecule has 27 heavy (non-hydrogen) atoms. The van der Waals surface area contributed by atoms with Crippen LogP contribution in [-0.4, -0.2) is 18.8 Å². The van der Waals surface area contributed by atoms with Crippen LogP contribution in [0.15, 0.2) is 77.0 Å². The van der Waals surface area contributed by atoms with Gasteiger partial charge in [0.2, 0.25) is 10.0 Å². The van der Waals surface area contributed by atoms with Gasteiger partial charge in [0, 0.05) is 17.5 Å². The van der Waals surface area contributed by atoms with Crippen molar-refractivity contribution in [2.24, 2.45) is 0 Å². The summed E-state index contributed by atoms with van der Waals surface area (Å²) in [6.45, 7) is 2.17. The van der Waals surface area contributed by atoms with Crippen molar-refractivity contribution in [3.05, 3.63) is 88.1 Å². The Morgan fingerprint density at radius 1 is 1.04 bits per heavy atom. The number of nitrogens with zero attached hydrogens (tertiary/aromatic N) is 2. The van der Waals surface area contributed by atoms with Crippen molar-refractivity contribution >= 4 is 21.4 Å². The number of hydrogen-bond acceptors (Lipinski definition) is 4. The molecule has 0 fully saturated rings. The molecule has 0 amide bonds. The zero-order chi connectivity index (χ0) is 19.3. The van der Waals surface area contributed by atoms with E-state index in [1.807, 2.05) is 60.8 Å². The average molecular weight is 397 g/mol. The quantitative estimate of drug-likeness (QED) is 0.593. The highest BCUT2D eigenvalue weighted by Gasteiger charge is 2.31. The minimum Gasteiger partial charge on any atom is -0.207 e. The number of benzene rings is 2. The van der Waals surface area contributed by atoms with Crippen LogP contribution in [0, 0.1) is 11.3 Å². The molecule has 0 radical (unpaired) electrons. The lowest BCUT2D eigenvalue weighted by molar-refractivity contribution is 0.329. The Balaban J connectivity index is 2.01. The van der Waals surface area contributed by atoms with Crippen LogP contribution >= 0.6 is 11.3 Å². The van der Waals surface area contributed by atoms with Crippen molar-refractivity contribution in [3.8, 4) is 6.07 Å². The van der Waals surface area contributed by atoms with E-state index in [1.165, 1.54) is 16.4 Å². The average Bonchev–Trinajstić information content (AvgIpc) is 3.19. The van der Waals surface area contributed by atoms with Gasteiger partial charge in [0.05, 0.1) is 10.5 Å². The first-order valence-corrected chi connectivity index (χ1v) is 10.9. The van der Waals surface area contributed by atoms with E-state index in [9.17, 15) is 13.7 Å². The maximum Gasteiger partial charge on any atom is 0.244 e. The monoisotopic (exact) mass is 396 g/mol. The van der Waals surface area contributed by atoms with E-state index in [1.54, 1.807) is 23.5 Å². The SMILES string of the molecule is CC(Cc1cccs1)N(Cc1ccccc1)S(=O)(=O)c1ccccc1C#N. The molecule has 3 aromatic rings. The molecule has 3 rings (SSSR count). The first-order valence-electron chi connectivity index (χ1n) is 8.59. The number of sulfonamides is 1. The third kappa shape index (κ3) is 4.45. The number of nitriles is 1. The molecule has 1 atom stereocenters. The maximum absolute atomic E-state index is 13.5. The molecular formula is C21H20N2O2S2. The summed E-state index contributed by atoms with van der Waals surface area (Å²) in [5.41, 5.74) is 1.08. The van der Waals surface area contributed by atoms with Crippen LogP contribution in [0.2, 0.25) is 0 Å². The Kier molecular flexibility index (Phi) is 6.07. The van der Waals surface area contributed by atoms with Crippen LogP contribution in [0.25, 0.3) is 0 Å². The maximum atomic E-state index is 13.5. The molecule has 2 aromatic carbocycles. The van der Waals surface area contributed by atoms with Crippen molar-refractivity contribution in [3.63, 3.8) is 0 Å². The fourth-order valence-electron chi connectivity index (χ4n) is 2.97. The summed E-state index contributed by atoms with van der Waals surface area (Å²) >= 11 is 1.62. The molecular weight excluding hydrogens is 376 g/mol. The first kappa shape index (κ1) is 19.3. The minimum atomic E-state index is -3.83. The summed E-state index contributed by atoms with van der Waals surface area (Å²) in [5.74, 6) is 0. The summed E-state index contributed by atoms with van der Waals surface area (Å²) < 4.78 is 28.4. The Labute approximate surface area is 164 Å². The Hall–Kier alpha value is -2.46. The molecule has 138 valence electrons. The van der Waals surface area contributed by atoms with Gasteiger partial charge in [-0.2, -0.15) is 9.57 Å². The fourth-order valence-corrected chi connectivity index (χ4v) is 5.56. The largest absolute Gasteiger partial charge is 0.244 e. The molecule has 0 aliphatic heterocycles. The summed E-state index contributed by atoms with van der Waals surface area (Å²) in [7, 11) is -3.83. The predicted octanol–water partition coefficient (Wildman–Crippen LogP) is 4.44. The standard InChI is InChI=1S/C21H20N2O2S2/c1-17(14-20-11-7-13-26-20)23(16-18-8-3-2-4-9-18)27(24,25)21-12-6-5-10-19(21)15-22/h2-13,17H,14,16H2,1H3. The molecule has 1 aromatic heterocycles. The van der Waals surface area contributed by atoms with Gasteiger partial charge in [-0.15, -0.1) is 11.3 Å². The molecule has 1 heterocycles. The lowest BCUT2D eigenvalue weighted by Gasteiger charge is -2.28. The van der Waals surface area contributed by atoms with E-state index in [4.69, 9.17) is 0 Å². The molecule has 4 nitrogen and oxygen atoms in total. The van der Waals surface area contributed by atoms with E-state index < -0.39 is 10.0 Å². The van der Waals surface area contributed by atoms with Crippen molar-refractivity contribution < 1.29 is 8.42 Å². The van der Waals surface area contributed by atoms with E-state index >= 15 is 0 Å². The topological polar surface area (TPSA) is 61.2 Å². The molecule has 0 N–H and O–H groups in total. The smallest absolute Gasteiger partial charge is 0.207 e. The van der Waals surface area contributed by atoms with Gasteiger partial charge in [-0.25, -0.2) is 8.42 Å². The van der Waals surface area contributed by atoms with Crippen LogP contribution in [0.1, 0.15) is 22.9 Å². The zero-order valence-electron chi connectivity index (χ0n) is 14.9. The van der Waals surface area contributed by atoms with Gasteiger partial charge in [-0.3, -0.25) is 0 Å². The third-order valence-electron chi connectivity index (χ3n) is 4.34. The summed E-state index contributed by atoms with van der Waals surface area (Å²) in [5, 5.41) is 11.4. The van der Waals surface area contributed by atoms with Gasteiger partial charge in [0.25, 0.3) is 0 Å². The summed E-state index contributed by atoms with van der Waals surface area (Å²) in [4.78, 5) is 1.19. The van der Waals surface area contributed by atoms with Crippen LogP contribution in [0.4, 0.5) is 0 Å². The van der Waals surface area contributed by atoms with E-state index in [2.05, 4.69) is 0 Å². The van der Waals surface area contributed by atoms with E-state index in [0.29, 0.717) is 6.42 Å². The van der Waals surface area contributed by atoms with Crippen LogP contribution in [0.5, 0.6) is 0 Å². The van der Waals surface area contributed by atoms with E-state index in [0.717, 1.165) is 10.4 Å². The number of hydrogen-bond donors (Lipinski definition) is 0. The highest BCUT2D eigenvalue weighted by atomic mass is 32.2. The van der Waals surface area contributed by atoms with Crippen LogP contribution in [-0.2, 0) is 23.0 Å². The fraction of sp³-hybridized carbons (Fsp3) is 0.190. The van der Waals surface area contributed by atoms with Gasteiger partial charge in [-0.1, -0.05) is 48.5 Å². The minimum absolute atomic E-state index is 0.0569.